The van der Waals surface area contributed by atoms with E-state index in [0.29, 0.717) is 5.69 Å². The van der Waals surface area contributed by atoms with Gasteiger partial charge in [0.2, 0.25) is 0 Å². The number of aliphatic hydroxyl groups excluding tert-OH is 1. The van der Waals surface area contributed by atoms with E-state index in [-0.39, 0.29) is 6.61 Å². The van der Waals surface area contributed by atoms with Crippen molar-refractivity contribution in [3.8, 4) is 5.75 Å². The Morgan fingerprint density at radius 2 is 1.68 bits per heavy atom. The second-order valence-electron chi connectivity index (χ2n) is 4.97. The number of rotatable bonds is 11. The molecular weight excluding hydrogens is 238 g/mol. The van der Waals surface area contributed by atoms with Crippen LogP contribution in [0.3, 0.4) is 0 Å². The maximum absolute atomic E-state index is 8.88. The highest BCUT2D eigenvalue weighted by Gasteiger charge is 1.96. The minimum absolute atomic E-state index is 0.0156. The van der Waals surface area contributed by atoms with E-state index in [9.17, 15) is 0 Å². The number of ether oxygens (including phenoxy) is 1. The van der Waals surface area contributed by atoms with Gasteiger partial charge in [-0.2, -0.15) is 0 Å². The fraction of sp³-hybridized carbons (Fsp3) is 0.688. The van der Waals surface area contributed by atoms with Crippen molar-refractivity contribution < 1.29 is 9.84 Å². The maximum atomic E-state index is 8.88. The topological polar surface area (TPSA) is 42.4 Å². The molecule has 0 aromatic carbocycles. The van der Waals surface area contributed by atoms with Crippen LogP contribution in [-0.2, 0) is 6.61 Å². The first-order chi connectivity index (χ1) is 9.36. The monoisotopic (exact) mass is 265 g/mol. The molecule has 0 aliphatic carbocycles. The van der Waals surface area contributed by atoms with Gasteiger partial charge in [0.1, 0.15) is 5.75 Å². The third kappa shape index (κ3) is 7.83. The highest BCUT2D eigenvalue weighted by molar-refractivity contribution is 5.19. The number of aliphatic hydroxyl groups is 1. The van der Waals surface area contributed by atoms with Crippen molar-refractivity contribution in [2.45, 2.75) is 64.9 Å². The summed E-state index contributed by atoms with van der Waals surface area (Å²) in [6.07, 6.45) is 12.1. The molecule has 0 saturated heterocycles. The fourth-order valence-electron chi connectivity index (χ4n) is 2.02. The molecule has 1 aromatic rings. The number of pyridine rings is 1. The van der Waals surface area contributed by atoms with E-state index in [0.717, 1.165) is 18.8 Å². The van der Waals surface area contributed by atoms with Gasteiger partial charge >= 0.3 is 0 Å². The molecule has 0 aliphatic rings. The number of hydrogen-bond donors (Lipinski definition) is 1. The Kier molecular flexibility index (Phi) is 9.07. The number of nitrogens with zero attached hydrogens (tertiary/aromatic N) is 1. The molecule has 1 aromatic heterocycles. The van der Waals surface area contributed by atoms with Crippen LogP contribution in [0.15, 0.2) is 18.3 Å². The van der Waals surface area contributed by atoms with Gasteiger partial charge in [0.15, 0.2) is 0 Å². The molecule has 0 aliphatic heterocycles. The van der Waals surface area contributed by atoms with Crippen molar-refractivity contribution in [2.24, 2.45) is 0 Å². The molecule has 3 heteroatoms. The quantitative estimate of drug-likeness (QED) is 0.613. The van der Waals surface area contributed by atoms with Crippen molar-refractivity contribution >= 4 is 0 Å². The van der Waals surface area contributed by atoms with E-state index < -0.39 is 0 Å². The second kappa shape index (κ2) is 10.8. The van der Waals surface area contributed by atoms with E-state index in [4.69, 9.17) is 9.84 Å². The summed E-state index contributed by atoms with van der Waals surface area (Å²) in [7, 11) is 0. The zero-order chi connectivity index (χ0) is 13.8. The molecule has 0 unspecified atom stereocenters. The molecule has 0 radical (unpaired) electrons. The standard InChI is InChI=1S/C16H27NO2/c1-2-3-4-5-6-7-8-9-12-19-16-11-10-15(14-18)17-13-16/h10-11,13,18H,2-9,12,14H2,1H3. The maximum Gasteiger partial charge on any atom is 0.137 e. The third-order valence-electron chi connectivity index (χ3n) is 3.23. The number of unbranched alkanes of at least 4 members (excludes halogenated alkanes) is 7. The average Bonchev–Trinajstić information content (AvgIpc) is 2.46. The van der Waals surface area contributed by atoms with Crippen LogP contribution < -0.4 is 4.74 Å². The zero-order valence-corrected chi connectivity index (χ0v) is 12.1. The summed E-state index contributed by atoms with van der Waals surface area (Å²) < 4.78 is 5.61. The summed E-state index contributed by atoms with van der Waals surface area (Å²) >= 11 is 0. The van der Waals surface area contributed by atoms with Gasteiger partial charge in [-0.15, -0.1) is 0 Å². The Balaban J connectivity index is 1.95. The Morgan fingerprint density at radius 1 is 1.00 bits per heavy atom. The van der Waals surface area contributed by atoms with Gasteiger partial charge < -0.3 is 9.84 Å². The van der Waals surface area contributed by atoms with Crippen LogP contribution >= 0.6 is 0 Å². The lowest BCUT2D eigenvalue weighted by atomic mass is 10.1. The van der Waals surface area contributed by atoms with Crippen LogP contribution in [0.25, 0.3) is 0 Å². The van der Waals surface area contributed by atoms with Crippen LogP contribution in [0.2, 0.25) is 0 Å². The lowest BCUT2D eigenvalue weighted by Crippen LogP contribution is -1.98. The molecule has 0 fully saturated rings. The average molecular weight is 265 g/mol. The van der Waals surface area contributed by atoms with Crippen molar-refractivity contribution in [3.05, 3.63) is 24.0 Å². The Bertz CT molecular complexity index is 311. The molecular formula is C16H27NO2. The van der Waals surface area contributed by atoms with Crippen LogP contribution in [0, 0.1) is 0 Å². The van der Waals surface area contributed by atoms with Crippen molar-refractivity contribution in [1.29, 1.82) is 0 Å². The van der Waals surface area contributed by atoms with Crippen LogP contribution in [-0.4, -0.2) is 16.7 Å². The molecule has 108 valence electrons. The third-order valence-corrected chi connectivity index (χ3v) is 3.23. The summed E-state index contributed by atoms with van der Waals surface area (Å²) in [4.78, 5) is 4.08. The van der Waals surface area contributed by atoms with Crippen LogP contribution in [0.5, 0.6) is 5.75 Å². The molecule has 0 atom stereocenters. The Hall–Kier alpha value is -1.09. The van der Waals surface area contributed by atoms with Crippen molar-refractivity contribution in [1.82, 2.24) is 4.98 Å². The first kappa shape index (κ1) is 16.0. The predicted octanol–water partition coefficient (Wildman–Crippen LogP) is 4.09. The minimum Gasteiger partial charge on any atom is -0.492 e. The van der Waals surface area contributed by atoms with Gasteiger partial charge in [-0.25, -0.2) is 0 Å². The first-order valence-electron chi connectivity index (χ1n) is 7.55. The molecule has 0 bridgehead atoms. The minimum atomic E-state index is -0.0156. The van der Waals surface area contributed by atoms with E-state index in [1.54, 1.807) is 12.3 Å². The smallest absolute Gasteiger partial charge is 0.137 e. The predicted molar refractivity (Wildman–Crippen MR) is 78.3 cm³/mol. The SMILES string of the molecule is CCCCCCCCCCOc1ccc(CO)nc1. The normalized spacial score (nSPS) is 10.6. The van der Waals surface area contributed by atoms with Crippen LogP contribution in [0.1, 0.15) is 64.0 Å². The largest absolute Gasteiger partial charge is 0.492 e. The summed E-state index contributed by atoms with van der Waals surface area (Å²) in [5.74, 6) is 0.792. The molecule has 1 heterocycles. The lowest BCUT2D eigenvalue weighted by Gasteiger charge is -2.06. The van der Waals surface area contributed by atoms with Gasteiger partial charge in [0, 0.05) is 0 Å². The number of aromatic nitrogens is 1. The highest BCUT2D eigenvalue weighted by Crippen LogP contribution is 2.11. The van der Waals surface area contributed by atoms with E-state index >= 15 is 0 Å². The summed E-state index contributed by atoms with van der Waals surface area (Å²) in [5.41, 5.74) is 0.680. The molecule has 0 saturated carbocycles. The van der Waals surface area contributed by atoms with Gasteiger partial charge in [-0.3, -0.25) is 4.98 Å². The van der Waals surface area contributed by atoms with Crippen molar-refractivity contribution in [2.75, 3.05) is 6.61 Å². The van der Waals surface area contributed by atoms with Gasteiger partial charge in [0.05, 0.1) is 25.1 Å². The summed E-state index contributed by atoms with van der Waals surface area (Å²) in [6, 6.07) is 3.66. The van der Waals surface area contributed by atoms with Gasteiger partial charge in [0.25, 0.3) is 0 Å². The molecule has 1 N–H and O–H groups in total. The molecule has 0 spiro atoms. The Labute approximate surface area is 117 Å². The summed E-state index contributed by atoms with van der Waals surface area (Å²) in [5, 5.41) is 8.88. The molecule has 3 nitrogen and oxygen atoms in total. The lowest BCUT2D eigenvalue weighted by molar-refractivity contribution is 0.275. The van der Waals surface area contributed by atoms with Gasteiger partial charge in [-0.05, 0) is 18.6 Å². The van der Waals surface area contributed by atoms with Crippen LogP contribution in [0.4, 0.5) is 0 Å². The second-order valence-corrected chi connectivity index (χ2v) is 4.97. The number of hydrogen-bond acceptors (Lipinski definition) is 3. The Morgan fingerprint density at radius 3 is 2.26 bits per heavy atom. The van der Waals surface area contributed by atoms with E-state index in [2.05, 4.69) is 11.9 Å². The zero-order valence-electron chi connectivity index (χ0n) is 12.1. The molecule has 0 amide bonds. The highest BCUT2D eigenvalue weighted by atomic mass is 16.5. The van der Waals surface area contributed by atoms with E-state index in [1.807, 2.05) is 6.07 Å². The first-order valence-corrected chi connectivity index (χ1v) is 7.55. The van der Waals surface area contributed by atoms with E-state index in [1.165, 1.54) is 44.9 Å². The molecule has 19 heavy (non-hydrogen) atoms. The molecule has 1 rings (SSSR count). The van der Waals surface area contributed by atoms with Gasteiger partial charge in [-0.1, -0.05) is 51.9 Å². The summed E-state index contributed by atoms with van der Waals surface area (Å²) in [6.45, 7) is 2.99. The fourth-order valence-corrected chi connectivity index (χ4v) is 2.02. The van der Waals surface area contributed by atoms with Crippen molar-refractivity contribution in [3.63, 3.8) is 0 Å².